The molecule has 2 heterocycles. The molecule has 0 amide bonds. The van der Waals surface area contributed by atoms with E-state index < -0.39 is 0 Å². The van der Waals surface area contributed by atoms with Gasteiger partial charge in [0.1, 0.15) is 11.3 Å². The SMILES string of the molecule is CCOC(c1nc(Cl)c2c(n1)CSC2)C1CC1. The van der Waals surface area contributed by atoms with Crippen molar-refractivity contribution in [1.29, 1.82) is 0 Å². The molecular formula is C12H15ClN2OS. The summed E-state index contributed by atoms with van der Waals surface area (Å²) in [5, 5.41) is 0.625. The van der Waals surface area contributed by atoms with Gasteiger partial charge < -0.3 is 4.74 Å². The molecule has 1 aromatic rings. The molecule has 0 aromatic carbocycles. The van der Waals surface area contributed by atoms with Crippen molar-refractivity contribution in [1.82, 2.24) is 9.97 Å². The molecule has 1 saturated carbocycles. The highest BCUT2D eigenvalue weighted by Gasteiger charge is 2.36. The summed E-state index contributed by atoms with van der Waals surface area (Å²) >= 11 is 8.07. The molecule has 1 aromatic heterocycles. The molecule has 2 aliphatic rings. The fourth-order valence-corrected chi connectivity index (χ4v) is 3.54. The molecule has 0 spiro atoms. The third-order valence-corrected chi connectivity index (χ3v) is 4.48. The molecule has 0 radical (unpaired) electrons. The Morgan fingerprint density at radius 2 is 2.24 bits per heavy atom. The van der Waals surface area contributed by atoms with Crippen molar-refractivity contribution in [3.05, 3.63) is 22.2 Å². The van der Waals surface area contributed by atoms with Crippen molar-refractivity contribution in [2.75, 3.05) is 6.61 Å². The molecular weight excluding hydrogens is 256 g/mol. The summed E-state index contributed by atoms with van der Waals surface area (Å²) in [4.78, 5) is 9.09. The molecule has 0 N–H and O–H groups in total. The van der Waals surface area contributed by atoms with Gasteiger partial charge in [0, 0.05) is 23.7 Å². The predicted molar refractivity (Wildman–Crippen MR) is 69.1 cm³/mol. The molecule has 1 aliphatic carbocycles. The third kappa shape index (κ3) is 2.30. The fraction of sp³-hybridized carbons (Fsp3) is 0.667. The summed E-state index contributed by atoms with van der Waals surface area (Å²) in [5.74, 6) is 3.28. The van der Waals surface area contributed by atoms with Crippen molar-refractivity contribution < 1.29 is 4.74 Å². The second kappa shape index (κ2) is 4.75. The number of rotatable bonds is 4. The number of ether oxygens (including phenoxy) is 1. The van der Waals surface area contributed by atoms with Crippen molar-refractivity contribution in [2.45, 2.75) is 37.4 Å². The standard InChI is InChI=1S/C12H15ClN2OS/c1-2-16-10(7-3-4-7)12-14-9-6-17-5-8(9)11(13)15-12/h7,10H,2-6H2,1H3. The lowest BCUT2D eigenvalue weighted by Crippen LogP contribution is -2.12. The van der Waals surface area contributed by atoms with Crippen molar-refractivity contribution in [3.8, 4) is 0 Å². The van der Waals surface area contributed by atoms with E-state index in [-0.39, 0.29) is 6.10 Å². The molecule has 0 saturated heterocycles. The average Bonchev–Trinajstić information content (AvgIpc) is 3.03. The highest BCUT2D eigenvalue weighted by atomic mass is 35.5. The minimum atomic E-state index is 0.0494. The Kier molecular flexibility index (Phi) is 3.28. The van der Waals surface area contributed by atoms with E-state index in [0.29, 0.717) is 17.7 Å². The van der Waals surface area contributed by atoms with Crippen LogP contribution in [0.5, 0.6) is 0 Å². The van der Waals surface area contributed by atoms with Gasteiger partial charge in [0.25, 0.3) is 0 Å². The molecule has 92 valence electrons. The Morgan fingerprint density at radius 3 is 2.94 bits per heavy atom. The molecule has 1 unspecified atom stereocenters. The Balaban J connectivity index is 1.93. The van der Waals surface area contributed by atoms with E-state index in [0.717, 1.165) is 28.6 Å². The summed E-state index contributed by atoms with van der Waals surface area (Å²) in [5.41, 5.74) is 2.22. The van der Waals surface area contributed by atoms with Crippen LogP contribution in [0.15, 0.2) is 0 Å². The van der Waals surface area contributed by atoms with E-state index in [1.807, 2.05) is 18.7 Å². The lowest BCUT2D eigenvalue weighted by atomic mass is 10.2. The van der Waals surface area contributed by atoms with Gasteiger partial charge in [-0.05, 0) is 25.7 Å². The highest BCUT2D eigenvalue weighted by Crippen LogP contribution is 2.43. The smallest absolute Gasteiger partial charge is 0.159 e. The lowest BCUT2D eigenvalue weighted by molar-refractivity contribution is 0.0399. The van der Waals surface area contributed by atoms with E-state index in [1.54, 1.807) is 0 Å². The first kappa shape index (κ1) is 11.8. The Labute approximate surface area is 110 Å². The van der Waals surface area contributed by atoms with Crippen molar-refractivity contribution >= 4 is 23.4 Å². The summed E-state index contributed by atoms with van der Waals surface area (Å²) in [6, 6.07) is 0. The molecule has 3 nitrogen and oxygen atoms in total. The molecule has 3 rings (SSSR count). The number of hydrogen-bond donors (Lipinski definition) is 0. The second-order valence-corrected chi connectivity index (χ2v) is 5.85. The molecule has 1 atom stereocenters. The quantitative estimate of drug-likeness (QED) is 0.786. The number of thioether (sulfide) groups is 1. The topological polar surface area (TPSA) is 35.0 Å². The Hall–Kier alpha value is -0.320. The number of halogens is 1. The first-order valence-corrected chi connectivity index (χ1v) is 7.57. The number of hydrogen-bond acceptors (Lipinski definition) is 4. The minimum absolute atomic E-state index is 0.0494. The van der Waals surface area contributed by atoms with Crippen LogP contribution >= 0.6 is 23.4 Å². The monoisotopic (exact) mass is 270 g/mol. The van der Waals surface area contributed by atoms with E-state index in [4.69, 9.17) is 16.3 Å². The van der Waals surface area contributed by atoms with Crippen LogP contribution in [0.4, 0.5) is 0 Å². The molecule has 17 heavy (non-hydrogen) atoms. The lowest BCUT2D eigenvalue weighted by Gasteiger charge is -2.16. The number of aromatic nitrogens is 2. The van der Waals surface area contributed by atoms with Crippen molar-refractivity contribution in [2.24, 2.45) is 5.92 Å². The first-order valence-electron chi connectivity index (χ1n) is 6.04. The fourth-order valence-electron chi connectivity index (χ4n) is 2.16. The van der Waals surface area contributed by atoms with Gasteiger partial charge >= 0.3 is 0 Å². The van der Waals surface area contributed by atoms with Crippen LogP contribution in [0, 0.1) is 5.92 Å². The average molecular weight is 271 g/mol. The maximum atomic E-state index is 6.22. The van der Waals surface area contributed by atoms with E-state index in [1.165, 1.54) is 12.8 Å². The van der Waals surface area contributed by atoms with Gasteiger partial charge in [0.05, 0.1) is 5.69 Å². The minimum Gasteiger partial charge on any atom is -0.370 e. The van der Waals surface area contributed by atoms with Gasteiger partial charge in [-0.2, -0.15) is 11.8 Å². The molecule has 0 bridgehead atoms. The van der Waals surface area contributed by atoms with Crippen LogP contribution < -0.4 is 0 Å². The zero-order valence-corrected chi connectivity index (χ0v) is 11.4. The Morgan fingerprint density at radius 1 is 1.41 bits per heavy atom. The zero-order valence-electron chi connectivity index (χ0n) is 9.78. The van der Waals surface area contributed by atoms with Gasteiger partial charge in [0.15, 0.2) is 5.82 Å². The molecule has 1 fully saturated rings. The number of fused-ring (bicyclic) bond motifs is 1. The zero-order chi connectivity index (χ0) is 11.8. The highest BCUT2D eigenvalue weighted by molar-refractivity contribution is 7.98. The maximum Gasteiger partial charge on any atom is 0.159 e. The maximum absolute atomic E-state index is 6.22. The van der Waals surface area contributed by atoms with E-state index in [2.05, 4.69) is 9.97 Å². The van der Waals surface area contributed by atoms with E-state index >= 15 is 0 Å². The van der Waals surface area contributed by atoms with Crippen LogP contribution in [-0.4, -0.2) is 16.6 Å². The van der Waals surface area contributed by atoms with Crippen LogP contribution in [-0.2, 0) is 16.2 Å². The second-order valence-electron chi connectivity index (χ2n) is 4.50. The largest absolute Gasteiger partial charge is 0.370 e. The van der Waals surface area contributed by atoms with Crippen LogP contribution in [0.1, 0.15) is 43.0 Å². The van der Waals surface area contributed by atoms with E-state index in [9.17, 15) is 0 Å². The van der Waals surface area contributed by atoms with Gasteiger partial charge in [-0.1, -0.05) is 11.6 Å². The van der Waals surface area contributed by atoms with Gasteiger partial charge in [-0.25, -0.2) is 9.97 Å². The van der Waals surface area contributed by atoms with Gasteiger partial charge in [0.2, 0.25) is 0 Å². The summed E-state index contributed by atoms with van der Waals surface area (Å²) < 4.78 is 5.78. The predicted octanol–water partition coefficient (Wildman–Crippen LogP) is 3.36. The Bertz CT molecular complexity index is 437. The van der Waals surface area contributed by atoms with Gasteiger partial charge in [-0.3, -0.25) is 0 Å². The summed E-state index contributed by atoms with van der Waals surface area (Å²) in [6.45, 7) is 2.72. The first-order chi connectivity index (χ1) is 8.29. The van der Waals surface area contributed by atoms with Gasteiger partial charge in [-0.15, -0.1) is 0 Å². The number of nitrogens with zero attached hydrogens (tertiary/aromatic N) is 2. The third-order valence-electron chi connectivity index (χ3n) is 3.20. The normalized spacial score (nSPS) is 20.4. The molecule has 5 heteroatoms. The summed E-state index contributed by atoms with van der Waals surface area (Å²) in [7, 11) is 0. The summed E-state index contributed by atoms with van der Waals surface area (Å²) in [6.07, 6.45) is 2.49. The van der Waals surface area contributed by atoms with Crippen molar-refractivity contribution in [3.63, 3.8) is 0 Å². The molecule has 1 aliphatic heterocycles. The van der Waals surface area contributed by atoms with Crippen LogP contribution in [0.3, 0.4) is 0 Å². The van der Waals surface area contributed by atoms with Crippen LogP contribution in [0.2, 0.25) is 5.15 Å². The van der Waals surface area contributed by atoms with Crippen LogP contribution in [0.25, 0.3) is 0 Å².